The van der Waals surface area contributed by atoms with Crippen LogP contribution in [0, 0.1) is 17.2 Å². The van der Waals surface area contributed by atoms with Crippen LogP contribution in [0.4, 0.5) is 0 Å². The minimum absolute atomic E-state index is 0.477. The Bertz CT molecular complexity index is 846. The van der Waals surface area contributed by atoms with Crippen molar-refractivity contribution in [2.45, 2.75) is 13.0 Å². The second kappa shape index (κ2) is 10.4. The molecule has 28 heavy (non-hydrogen) atoms. The lowest BCUT2D eigenvalue weighted by molar-refractivity contribution is 0.362. The zero-order chi connectivity index (χ0) is 19.6. The van der Waals surface area contributed by atoms with Gasteiger partial charge in [-0.15, -0.1) is 0 Å². The number of ether oxygens (including phenoxy) is 1. The van der Waals surface area contributed by atoms with Gasteiger partial charge in [0.25, 0.3) is 0 Å². The SMILES string of the molecule is C=CCOc1cc(/C=C/c2ccc(C#N)cn2)cc(CNCC2CCNC2)c1. The Balaban J connectivity index is 1.69. The lowest BCUT2D eigenvalue weighted by atomic mass is 10.1. The van der Waals surface area contributed by atoms with Crippen molar-refractivity contribution >= 4 is 12.2 Å². The number of nitrogens with zero attached hydrogens (tertiary/aromatic N) is 2. The lowest BCUT2D eigenvalue weighted by Gasteiger charge is -2.12. The molecule has 1 aromatic carbocycles. The molecule has 2 aromatic rings. The van der Waals surface area contributed by atoms with Crippen LogP contribution in [0.5, 0.6) is 5.75 Å². The fourth-order valence-corrected chi connectivity index (χ4v) is 3.18. The molecule has 0 amide bonds. The van der Waals surface area contributed by atoms with Gasteiger partial charge in [0.2, 0.25) is 0 Å². The predicted molar refractivity (Wildman–Crippen MR) is 113 cm³/mol. The van der Waals surface area contributed by atoms with Crippen LogP contribution in [-0.2, 0) is 6.54 Å². The Labute approximate surface area is 166 Å². The second-order valence-corrected chi connectivity index (χ2v) is 6.92. The second-order valence-electron chi connectivity index (χ2n) is 6.92. The highest BCUT2D eigenvalue weighted by molar-refractivity contribution is 5.69. The summed E-state index contributed by atoms with van der Waals surface area (Å²) in [5, 5.41) is 15.8. The third-order valence-corrected chi connectivity index (χ3v) is 4.64. The van der Waals surface area contributed by atoms with Gasteiger partial charge in [0.1, 0.15) is 18.4 Å². The van der Waals surface area contributed by atoms with Crippen molar-refractivity contribution in [1.82, 2.24) is 15.6 Å². The molecule has 0 radical (unpaired) electrons. The summed E-state index contributed by atoms with van der Waals surface area (Å²) >= 11 is 0. The maximum atomic E-state index is 8.87. The van der Waals surface area contributed by atoms with E-state index in [0.29, 0.717) is 18.1 Å². The quantitative estimate of drug-likeness (QED) is 0.659. The molecule has 2 N–H and O–H groups in total. The Morgan fingerprint density at radius 1 is 1.32 bits per heavy atom. The first-order chi connectivity index (χ1) is 13.8. The van der Waals surface area contributed by atoms with E-state index in [1.54, 1.807) is 18.3 Å². The Kier molecular flexibility index (Phi) is 7.36. The first-order valence-electron chi connectivity index (χ1n) is 9.60. The average Bonchev–Trinajstić information content (AvgIpc) is 3.24. The first kappa shape index (κ1) is 19.8. The van der Waals surface area contributed by atoms with Gasteiger partial charge in [0.05, 0.1) is 11.3 Å². The van der Waals surface area contributed by atoms with E-state index in [9.17, 15) is 0 Å². The molecular formula is C23H26N4O. The average molecular weight is 374 g/mol. The van der Waals surface area contributed by atoms with Gasteiger partial charge in [-0.05, 0) is 73.4 Å². The number of benzene rings is 1. The minimum atomic E-state index is 0.477. The smallest absolute Gasteiger partial charge is 0.120 e. The number of hydrogen-bond donors (Lipinski definition) is 2. The van der Waals surface area contributed by atoms with Crippen LogP contribution in [0.3, 0.4) is 0 Å². The highest BCUT2D eigenvalue weighted by Crippen LogP contribution is 2.20. The summed E-state index contributed by atoms with van der Waals surface area (Å²) in [5.74, 6) is 1.54. The number of pyridine rings is 1. The number of aromatic nitrogens is 1. The van der Waals surface area contributed by atoms with E-state index in [-0.39, 0.29) is 0 Å². The van der Waals surface area contributed by atoms with Gasteiger partial charge < -0.3 is 15.4 Å². The Hall–Kier alpha value is -2.94. The van der Waals surface area contributed by atoms with Crippen LogP contribution >= 0.6 is 0 Å². The van der Waals surface area contributed by atoms with Crippen molar-refractivity contribution in [1.29, 1.82) is 5.26 Å². The summed E-state index contributed by atoms with van der Waals surface area (Å²) in [5.41, 5.74) is 3.60. The minimum Gasteiger partial charge on any atom is -0.490 e. The number of hydrogen-bond acceptors (Lipinski definition) is 5. The molecule has 0 bridgehead atoms. The fourth-order valence-electron chi connectivity index (χ4n) is 3.18. The number of nitrogens with one attached hydrogen (secondary N) is 2. The van der Waals surface area contributed by atoms with E-state index in [2.05, 4.69) is 40.4 Å². The Morgan fingerprint density at radius 2 is 2.25 bits per heavy atom. The number of nitriles is 1. The topological polar surface area (TPSA) is 70.0 Å². The molecule has 0 aliphatic carbocycles. The summed E-state index contributed by atoms with van der Waals surface area (Å²) < 4.78 is 5.76. The van der Waals surface area contributed by atoms with Crippen LogP contribution in [0.2, 0.25) is 0 Å². The zero-order valence-electron chi connectivity index (χ0n) is 16.0. The van der Waals surface area contributed by atoms with Gasteiger partial charge in [-0.1, -0.05) is 24.8 Å². The maximum Gasteiger partial charge on any atom is 0.120 e. The van der Waals surface area contributed by atoms with E-state index in [0.717, 1.165) is 43.2 Å². The van der Waals surface area contributed by atoms with Crippen LogP contribution < -0.4 is 15.4 Å². The normalized spacial score (nSPS) is 16.2. The van der Waals surface area contributed by atoms with Gasteiger partial charge >= 0.3 is 0 Å². The van der Waals surface area contributed by atoms with Crippen LogP contribution in [0.1, 0.15) is 28.8 Å². The maximum absolute atomic E-state index is 8.87. The molecule has 5 nitrogen and oxygen atoms in total. The molecule has 1 unspecified atom stereocenters. The molecular weight excluding hydrogens is 348 g/mol. The molecule has 1 aliphatic heterocycles. The first-order valence-corrected chi connectivity index (χ1v) is 9.60. The van der Waals surface area contributed by atoms with Gasteiger partial charge in [-0.2, -0.15) is 5.26 Å². The van der Waals surface area contributed by atoms with Crippen molar-refractivity contribution in [2.75, 3.05) is 26.2 Å². The van der Waals surface area contributed by atoms with E-state index >= 15 is 0 Å². The summed E-state index contributed by atoms with van der Waals surface area (Å²) in [6, 6.07) is 11.9. The molecule has 1 aliphatic rings. The number of rotatable bonds is 9. The van der Waals surface area contributed by atoms with E-state index < -0.39 is 0 Å². The summed E-state index contributed by atoms with van der Waals surface area (Å²) in [6.07, 6.45) is 8.51. The fraction of sp³-hybridized carbons (Fsp3) is 0.304. The summed E-state index contributed by atoms with van der Waals surface area (Å²) in [6.45, 7) is 8.23. The Morgan fingerprint density at radius 3 is 2.96 bits per heavy atom. The zero-order valence-corrected chi connectivity index (χ0v) is 16.0. The summed E-state index contributed by atoms with van der Waals surface area (Å²) in [7, 11) is 0. The van der Waals surface area contributed by atoms with Crippen molar-refractivity contribution in [3.63, 3.8) is 0 Å². The molecule has 1 saturated heterocycles. The monoisotopic (exact) mass is 374 g/mol. The molecule has 1 aromatic heterocycles. The van der Waals surface area contributed by atoms with Crippen molar-refractivity contribution in [3.8, 4) is 11.8 Å². The van der Waals surface area contributed by atoms with Gasteiger partial charge in [-0.3, -0.25) is 4.98 Å². The molecule has 5 heteroatoms. The van der Waals surface area contributed by atoms with Crippen LogP contribution in [0.15, 0.2) is 49.2 Å². The largest absolute Gasteiger partial charge is 0.490 e. The molecule has 0 spiro atoms. The molecule has 3 rings (SSSR count). The third-order valence-electron chi connectivity index (χ3n) is 4.64. The molecule has 144 valence electrons. The van der Waals surface area contributed by atoms with Gasteiger partial charge in [-0.25, -0.2) is 0 Å². The van der Waals surface area contributed by atoms with Crippen molar-refractivity contribution < 1.29 is 4.74 Å². The molecule has 2 heterocycles. The highest BCUT2D eigenvalue weighted by Gasteiger charge is 2.13. The molecule has 0 saturated carbocycles. The third kappa shape index (κ3) is 6.05. The van der Waals surface area contributed by atoms with Crippen molar-refractivity contribution in [3.05, 3.63) is 71.6 Å². The van der Waals surface area contributed by atoms with E-state index in [1.807, 2.05) is 24.3 Å². The molecule has 1 atom stereocenters. The highest BCUT2D eigenvalue weighted by atomic mass is 16.5. The van der Waals surface area contributed by atoms with Crippen LogP contribution in [-0.4, -0.2) is 31.2 Å². The predicted octanol–water partition coefficient (Wildman–Crippen LogP) is 3.39. The standard InChI is InChI=1S/C23H26N4O/c1-2-9-28-23-11-18(3-5-22-6-4-19(13-24)17-27-22)10-21(12-23)16-26-15-20-7-8-25-14-20/h2-6,10-12,17,20,25-26H,1,7-9,14-16H2/b5-3+. The lowest BCUT2D eigenvalue weighted by Crippen LogP contribution is -2.24. The van der Waals surface area contributed by atoms with E-state index in [1.165, 1.54) is 12.0 Å². The summed E-state index contributed by atoms with van der Waals surface area (Å²) in [4.78, 5) is 4.28. The van der Waals surface area contributed by atoms with Crippen LogP contribution in [0.25, 0.3) is 12.2 Å². The molecule has 1 fully saturated rings. The van der Waals surface area contributed by atoms with Gasteiger partial charge in [0.15, 0.2) is 0 Å². The van der Waals surface area contributed by atoms with Gasteiger partial charge in [0, 0.05) is 12.7 Å². The van der Waals surface area contributed by atoms with Crippen molar-refractivity contribution in [2.24, 2.45) is 5.92 Å². The van der Waals surface area contributed by atoms with E-state index in [4.69, 9.17) is 10.00 Å².